The molecule has 0 spiro atoms. The zero-order chi connectivity index (χ0) is 7.84. The second kappa shape index (κ2) is 2.48. The molecule has 3 heteroatoms. The van der Waals surface area contributed by atoms with Crippen molar-refractivity contribution in [1.82, 2.24) is 0 Å². The second-order valence-electron chi connectivity index (χ2n) is 3.70. The van der Waals surface area contributed by atoms with E-state index in [2.05, 4.69) is 5.32 Å². The minimum absolute atomic E-state index is 0.125. The molecule has 3 atom stereocenters. The summed E-state index contributed by atoms with van der Waals surface area (Å²) in [5.74, 6) is -0.136. The summed E-state index contributed by atoms with van der Waals surface area (Å²) in [6.45, 7) is 1.99. The number of rotatable bonds is 1. The zero-order valence-electron chi connectivity index (χ0n) is 6.45. The van der Waals surface area contributed by atoms with Gasteiger partial charge < -0.3 is 15.2 Å². The van der Waals surface area contributed by atoms with E-state index < -0.39 is 5.97 Å². The van der Waals surface area contributed by atoms with Crippen molar-refractivity contribution in [3.8, 4) is 0 Å². The molecule has 1 aliphatic carbocycles. The minimum Gasteiger partial charge on any atom is -0.550 e. The summed E-state index contributed by atoms with van der Waals surface area (Å²) in [5, 5.41) is 12.9. The zero-order valence-corrected chi connectivity index (χ0v) is 6.45. The summed E-state index contributed by atoms with van der Waals surface area (Å²) in [6, 6.07) is 0. The molecule has 1 saturated carbocycles. The van der Waals surface area contributed by atoms with Crippen LogP contribution < -0.4 is 10.4 Å². The summed E-state index contributed by atoms with van der Waals surface area (Å²) in [7, 11) is 0. The van der Waals surface area contributed by atoms with Crippen molar-refractivity contribution < 1.29 is 15.2 Å². The third-order valence-corrected chi connectivity index (χ3v) is 3.13. The van der Waals surface area contributed by atoms with Crippen LogP contribution in [0.5, 0.6) is 0 Å². The molecule has 1 heterocycles. The van der Waals surface area contributed by atoms with Gasteiger partial charge in [-0.25, -0.2) is 0 Å². The van der Waals surface area contributed by atoms with Crippen LogP contribution in [0.1, 0.15) is 12.8 Å². The first kappa shape index (κ1) is 7.10. The van der Waals surface area contributed by atoms with Gasteiger partial charge in [-0.15, -0.1) is 0 Å². The van der Waals surface area contributed by atoms with E-state index in [0.717, 1.165) is 25.9 Å². The lowest BCUT2D eigenvalue weighted by Gasteiger charge is -2.28. The molecule has 2 N–H and O–H groups in total. The molecular weight excluding hydrogens is 142 g/mol. The highest BCUT2D eigenvalue weighted by Crippen LogP contribution is 2.36. The maximum atomic E-state index is 10.7. The van der Waals surface area contributed by atoms with Crippen molar-refractivity contribution in [3.63, 3.8) is 0 Å². The number of carbonyl (C=O) groups excluding carboxylic acids is 1. The Morgan fingerprint density at radius 1 is 1.27 bits per heavy atom. The number of aliphatic carboxylic acids is 1. The average Bonchev–Trinajstić information content (AvgIpc) is 2.23. The van der Waals surface area contributed by atoms with E-state index in [4.69, 9.17) is 0 Å². The monoisotopic (exact) mass is 155 g/mol. The summed E-state index contributed by atoms with van der Waals surface area (Å²) in [5.41, 5.74) is 0. The van der Waals surface area contributed by atoms with Crippen LogP contribution in [-0.2, 0) is 4.79 Å². The van der Waals surface area contributed by atoms with Crippen LogP contribution in [0, 0.1) is 17.8 Å². The number of hydrogen-bond donors (Lipinski definition) is 1. The normalized spacial score (nSPS) is 42.4. The molecule has 2 aliphatic rings. The van der Waals surface area contributed by atoms with E-state index in [0.29, 0.717) is 11.8 Å². The van der Waals surface area contributed by atoms with Crippen LogP contribution in [0.3, 0.4) is 0 Å². The largest absolute Gasteiger partial charge is 0.550 e. The van der Waals surface area contributed by atoms with Gasteiger partial charge in [0, 0.05) is 23.7 Å². The molecule has 2 fully saturated rings. The van der Waals surface area contributed by atoms with Crippen molar-refractivity contribution in [2.45, 2.75) is 12.8 Å². The Kier molecular flexibility index (Phi) is 1.60. The molecular formula is C8H13NO2. The Morgan fingerprint density at radius 3 is 2.18 bits per heavy atom. The van der Waals surface area contributed by atoms with Crippen molar-refractivity contribution in [2.24, 2.45) is 17.8 Å². The van der Waals surface area contributed by atoms with Crippen LogP contribution in [0.4, 0.5) is 0 Å². The number of fused-ring (bicyclic) bond motifs is 2. The number of quaternary nitrogens is 1. The third-order valence-electron chi connectivity index (χ3n) is 3.13. The van der Waals surface area contributed by atoms with Gasteiger partial charge in [0.15, 0.2) is 0 Å². The molecule has 62 valence electrons. The number of nitrogens with two attached hydrogens (primary N) is 1. The highest BCUT2D eigenvalue weighted by atomic mass is 16.4. The van der Waals surface area contributed by atoms with Crippen LogP contribution in [0.2, 0.25) is 0 Å². The van der Waals surface area contributed by atoms with Crippen molar-refractivity contribution in [1.29, 1.82) is 0 Å². The van der Waals surface area contributed by atoms with Gasteiger partial charge in [0.1, 0.15) is 0 Å². The lowest BCUT2D eigenvalue weighted by Crippen LogP contribution is -2.89. The van der Waals surface area contributed by atoms with Gasteiger partial charge in [0.2, 0.25) is 0 Å². The van der Waals surface area contributed by atoms with Gasteiger partial charge in [-0.1, -0.05) is 0 Å². The standard InChI is InChI=1S/C8H13NO2/c10-8(11)7-5-1-2-6(7)4-9-3-5/h5-7,9H,1-4H2,(H,10,11)/t5-,6+,7?. The van der Waals surface area contributed by atoms with Crippen LogP contribution >= 0.6 is 0 Å². The van der Waals surface area contributed by atoms with Gasteiger partial charge >= 0.3 is 0 Å². The minimum atomic E-state index is -0.814. The van der Waals surface area contributed by atoms with Gasteiger partial charge in [0.25, 0.3) is 0 Å². The van der Waals surface area contributed by atoms with E-state index >= 15 is 0 Å². The van der Waals surface area contributed by atoms with Gasteiger partial charge in [-0.3, -0.25) is 0 Å². The highest BCUT2D eigenvalue weighted by molar-refractivity contribution is 5.69. The molecule has 0 aromatic rings. The Balaban J connectivity index is 2.15. The van der Waals surface area contributed by atoms with E-state index in [1.54, 1.807) is 0 Å². The molecule has 1 unspecified atom stereocenters. The third kappa shape index (κ3) is 1.03. The quantitative estimate of drug-likeness (QED) is 0.474. The summed E-state index contributed by atoms with van der Waals surface area (Å²) >= 11 is 0. The van der Waals surface area contributed by atoms with Crippen molar-refractivity contribution >= 4 is 5.97 Å². The molecule has 2 bridgehead atoms. The first-order valence-electron chi connectivity index (χ1n) is 4.31. The molecule has 3 nitrogen and oxygen atoms in total. The number of piperidine rings is 1. The Morgan fingerprint density at radius 2 is 1.82 bits per heavy atom. The smallest absolute Gasteiger partial charge is 0.0790 e. The maximum Gasteiger partial charge on any atom is 0.0790 e. The van der Waals surface area contributed by atoms with Gasteiger partial charge in [0.05, 0.1) is 13.1 Å². The molecule has 0 radical (unpaired) electrons. The predicted octanol–water partition coefficient (Wildman–Crippen LogP) is -2.04. The molecule has 2 rings (SSSR count). The topological polar surface area (TPSA) is 56.7 Å². The fourth-order valence-electron chi connectivity index (χ4n) is 2.61. The summed E-state index contributed by atoms with van der Waals surface area (Å²) in [4.78, 5) is 10.7. The maximum absolute atomic E-state index is 10.7. The Hall–Kier alpha value is -0.570. The average molecular weight is 155 g/mol. The number of carboxylic acid groups (broad SMARTS) is 1. The number of hydrogen-bond acceptors (Lipinski definition) is 2. The molecule has 0 aromatic heterocycles. The highest BCUT2D eigenvalue weighted by Gasteiger charge is 2.41. The van der Waals surface area contributed by atoms with Crippen molar-refractivity contribution in [2.75, 3.05) is 13.1 Å². The van der Waals surface area contributed by atoms with E-state index in [-0.39, 0.29) is 5.92 Å². The van der Waals surface area contributed by atoms with Crippen molar-refractivity contribution in [3.05, 3.63) is 0 Å². The second-order valence-corrected chi connectivity index (χ2v) is 3.70. The molecule has 0 aromatic carbocycles. The number of carboxylic acids is 1. The van der Waals surface area contributed by atoms with E-state index in [1.807, 2.05) is 0 Å². The molecule has 0 amide bonds. The van der Waals surface area contributed by atoms with Crippen LogP contribution in [0.25, 0.3) is 0 Å². The number of carbonyl (C=O) groups is 1. The van der Waals surface area contributed by atoms with Crippen LogP contribution in [0.15, 0.2) is 0 Å². The fraction of sp³-hybridized carbons (Fsp3) is 0.875. The van der Waals surface area contributed by atoms with E-state index in [1.165, 1.54) is 0 Å². The van der Waals surface area contributed by atoms with E-state index in [9.17, 15) is 9.90 Å². The first-order chi connectivity index (χ1) is 5.29. The summed E-state index contributed by atoms with van der Waals surface area (Å²) < 4.78 is 0. The predicted molar refractivity (Wildman–Crippen MR) is 36.4 cm³/mol. The SMILES string of the molecule is O=C([O-])C1[C@@H]2CC[C@H]1C[NH2+]C2. The fourth-order valence-corrected chi connectivity index (χ4v) is 2.61. The van der Waals surface area contributed by atoms with Gasteiger partial charge in [-0.2, -0.15) is 0 Å². The molecule has 1 aliphatic heterocycles. The lowest BCUT2D eigenvalue weighted by atomic mass is 9.86. The Labute approximate surface area is 65.8 Å². The Bertz CT molecular complexity index is 165. The summed E-state index contributed by atoms with van der Waals surface area (Å²) in [6.07, 6.45) is 2.19. The van der Waals surface area contributed by atoms with Gasteiger partial charge in [-0.05, 0) is 12.8 Å². The molecule has 11 heavy (non-hydrogen) atoms. The first-order valence-corrected chi connectivity index (χ1v) is 4.31. The molecule has 1 saturated heterocycles. The lowest BCUT2D eigenvalue weighted by molar-refractivity contribution is -0.674. The van der Waals surface area contributed by atoms with Crippen LogP contribution in [-0.4, -0.2) is 19.1 Å².